The van der Waals surface area contributed by atoms with Crippen LogP contribution in [-0.2, 0) is 11.3 Å². The van der Waals surface area contributed by atoms with E-state index >= 15 is 0 Å². The SMILES string of the molecule is CC1C(=O)NCCN1C(=O)c1csc(CN)n1. The number of carbonyl (C=O) groups is 2. The molecule has 1 aromatic heterocycles. The number of rotatable bonds is 2. The molecule has 2 heterocycles. The minimum atomic E-state index is -0.445. The smallest absolute Gasteiger partial charge is 0.274 e. The van der Waals surface area contributed by atoms with E-state index in [0.717, 1.165) is 5.01 Å². The molecule has 1 aliphatic rings. The van der Waals surface area contributed by atoms with Crippen molar-refractivity contribution >= 4 is 23.2 Å². The molecule has 0 radical (unpaired) electrons. The first-order chi connectivity index (χ1) is 8.13. The molecule has 17 heavy (non-hydrogen) atoms. The maximum Gasteiger partial charge on any atom is 0.274 e. The van der Waals surface area contributed by atoms with Crippen molar-refractivity contribution in [3.05, 3.63) is 16.1 Å². The number of carbonyl (C=O) groups excluding carboxylic acids is 2. The number of nitrogens with two attached hydrogens (primary N) is 1. The van der Waals surface area contributed by atoms with Crippen molar-refractivity contribution in [3.8, 4) is 0 Å². The zero-order chi connectivity index (χ0) is 12.4. The van der Waals surface area contributed by atoms with Crippen molar-refractivity contribution in [1.29, 1.82) is 0 Å². The maximum absolute atomic E-state index is 12.1. The Morgan fingerprint density at radius 1 is 1.76 bits per heavy atom. The van der Waals surface area contributed by atoms with Crippen molar-refractivity contribution in [2.45, 2.75) is 19.5 Å². The van der Waals surface area contributed by atoms with Crippen LogP contribution in [0.1, 0.15) is 22.4 Å². The highest BCUT2D eigenvalue weighted by molar-refractivity contribution is 7.09. The number of hydrogen-bond acceptors (Lipinski definition) is 5. The number of nitrogens with one attached hydrogen (secondary N) is 1. The normalized spacial score (nSPS) is 20.2. The average molecular weight is 254 g/mol. The van der Waals surface area contributed by atoms with E-state index in [1.807, 2.05) is 0 Å². The topological polar surface area (TPSA) is 88.3 Å². The Balaban J connectivity index is 2.16. The van der Waals surface area contributed by atoms with E-state index in [2.05, 4.69) is 10.3 Å². The summed E-state index contributed by atoms with van der Waals surface area (Å²) in [7, 11) is 0. The Kier molecular flexibility index (Phi) is 3.39. The van der Waals surface area contributed by atoms with Gasteiger partial charge in [0.05, 0.1) is 0 Å². The van der Waals surface area contributed by atoms with Crippen LogP contribution in [0.15, 0.2) is 5.38 Å². The molecule has 0 aromatic carbocycles. The third kappa shape index (κ3) is 2.29. The second kappa shape index (κ2) is 4.80. The summed E-state index contributed by atoms with van der Waals surface area (Å²) in [5, 5.41) is 5.12. The van der Waals surface area contributed by atoms with Crippen molar-refractivity contribution in [1.82, 2.24) is 15.2 Å². The molecule has 6 nitrogen and oxygen atoms in total. The highest BCUT2D eigenvalue weighted by Gasteiger charge is 2.30. The molecule has 1 saturated heterocycles. The van der Waals surface area contributed by atoms with Gasteiger partial charge in [-0.3, -0.25) is 9.59 Å². The summed E-state index contributed by atoms with van der Waals surface area (Å²) in [5.74, 6) is -0.331. The minimum Gasteiger partial charge on any atom is -0.353 e. The first-order valence-electron chi connectivity index (χ1n) is 5.36. The summed E-state index contributed by atoms with van der Waals surface area (Å²) in [6, 6.07) is -0.445. The van der Waals surface area contributed by atoms with E-state index in [4.69, 9.17) is 5.73 Å². The summed E-state index contributed by atoms with van der Waals surface area (Å²) >= 11 is 1.36. The van der Waals surface area contributed by atoms with E-state index < -0.39 is 6.04 Å². The standard InChI is InChI=1S/C10H14N4O2S/c1-6-9(15)12-2-3-14(6)10(16)7-5-17-8(4-11)13-7/h5-6H,2-4,11H2,1H3,(H,12,15). The highest BCUT2D eigenvalue weighted by Crippen LogP contribution is 2.14. The maximum atomic E-state index is 12.1. The molecule has 92 valence electrons. The Labute approximate surface area is 103 Å². The van der Waals surface area contributed by atoms with Crippen LogP contribution >= 0.6 is 11.3 Å². The number of piperazine rings is 1. The van der Waals surface area contributed by atoms with Crippen molar-refractivity contribution in [3.63, 3.8) is 0 Å². The molecule has 2 rings (SSSR count). The van der Waals surface area contributed by atoms with Gasteiger partial charge < -0.3 is 16.0 Å². The quantitative estimate of drug-likeness (QED) is 0.749. The van der Waals surface area contributed by atoms with Crippen LogP contribution in [0.5, 0.6) is 0 Å². The second-order valence-electron chi connectivity index (χ2n) is 3.80. The molecule has 7 heteroatoms. The summed E-state index contributed by atoms with van der Waals surface area (Å²) in [6.07, 6.45) is 0. The number of aromatic nitrogens is 1. The zero-order valence-corrected chi connectivity index (χ0v) is 10.3. The number of amides is 2. The van der Waals surface area contributed by atoms with E-state index in [1.54, 1.807) is 12.3 Å². The largest absolute Gasteiger partial charge is 0.353 e. The Bertz CT molecular complexity index is 445. The second-order valence-corrected chi connectivity index (χ2v) is 4.74. The Morgan fingerprint density at radius 2 is 2.53 bits per heavy atom. The van der Waals surface area contributed by atoms with Crippen LogP contribution in [0, 0.1) is 0 Å². The molecule has 3 N–H and O–H groups in total. The van der Waals surface area contributed by atoms with E-state index in [-0.39, 0.29) is 11.8 Å². The van der Waals surface area contributed by atoms with Gasteiger partial charge in [-0.1, -0.05) is 0 Å². The molecule has 1 fully saturated rings. The summed E-state index contributed by atoms with van der Waals surface area (Å²) in [5.41, 5.74) is 5.82. The lowest BCUT2D eigenvalue weighted by molar-refractivity contribution is -0.127. The van der Waals surface area contributed by atoms with Gasteiger partial charge in [-0.25, -0.2) is 4.98 Å². The molecule has 0 saturated carbocycles. The van der Waals surface area contributed by atoms with Gasteiger partial charge in [-0.05, 0) is 6.92 Å². The molecule has 0 aliphatic carbocycles. The van der Waals surface area contributed by atoms with Crippen LogP contribution in [0.4, 0.5) is 0 Å². The molecular weight excluding hydrogens is 240 g/mol. The van der Waals surface area contributed by atoms with Crippen molar-refractivity contribution < 1.29 is 9.59 Å². The van der Waals surface area contributed by atoms with Crippen LogP contribution in [-0.4, -0.2) is 40.8 Å². The van der Waals surface area contributed by atoms with Crippen LogP contribution in [0.3, 0.4) is 0 Å². The van der Waals surface area contributed by atoms with Crippen molar-refractivity contribution in [2.75, 3.05) is 13.1 Å². The number of nitrogens with zero attached hydrogens (tertiary/aromatic N) is 2. The van der Waals surface area contributed by atoms with E-state index in [0.29, 0.717) is 25.3 Å². The first kappa shape index (κ1) is 12.0. The molecular formula is C10H14N4O2S. The van der Waals surface area contributed by atoms with Gasteiger partial charge in [0.25, 0.3) is 5.91 Å². The predicted octanol–water partition coefficient (Wildman–Crippen LogP) is -0.438. The van der Waals surface area contributed by atoms with E-state index in [1.165, 1.54) is 16.2 Å². The molecule has 1 aliphatic heterocycles. The fourth-order valence-electron chi connectivity index (χ4n) is 1.71. The molecule has 0 bridgehead atoms. The summed E-state index contributed by atoms with van der Waals surface area (Å²) < 4.78 is 0. The van der Waals surface area contributed by atoms with Gasteiger partial charge in [0, 0.05) is 25.0 Å². The van der Waals surface area contributed by atoms with Gasteiger partial charge in [0.2, 0.25) is 5.91 Å². The molecule has 2 amide bonds. The Hall–Kier alpha value is -1.47. The average Bonchev–Trinajstić information content (AvgIpc) is 2.80. The zero-order valence-electron chi connectivity index (χ0n) is 9.47. The lowest BCUT2D eigenvalue weighted by atomic mass is 10.2. The molecule has 1 aromatic rings. The van der Waals surface area contributed by atoms with Gasteiger partial charge in [0.15, 0.2) is 0 Å². The molecule has 0 spiro atoms. The third-order valence-electron chi connectivity index (χ3n) is 2.71. The lowest BCUT2D eigenvalue weighted by Gasteiger charge is -2.32. The minimum absolute atomic E-state index is 0.126. The highest BCUT2D eigenvalue weighted by atomic mass is 32.1. The molecule has 1 atom stereocenters. The van der Waals surface area contributed by atoms with Crippen LogP contribution in [0.25, 0.3) is 0 Å². The fraction of sp³-hybridized carbons (Fsp3) is 0.500. The van der Waals surface area contributed by atoms with Crippen molar-refractivity contribution in [2.24, 2.45) is 5.73 Å². The summed E-state index contributed by atoms with van der Waals surface area (Å²) in [6.45, 7) is 3.04. The third-order valence-corrected chi connectivity index (χ3v) is 3.58. The predicted molar refractivity (Wildman–Crippen MR) is 63.5 cm³/mol. The first-order valence-corrected chi connectivity index (χ1v) is 6.24. The van der Waals surface area contributed by atoms with E-state index in [9.17, 15) is 9.59 Å². The number of hydrogen-bond donors (Lipinski definition) is 2. The van der Waals surface area contributed by atoms with Gasteiger partial charge in [0.1, 0.15) is 16.7 Å². The fourth-order valence-corrected chi connectivity index (χ4v) is 2.36. The Morgan fingerprint density at radius 3 is 3.18 bits per heavy atom. The monoisotopic (exact) mass is 254 g/mol. The summed E-state index contributed by atoms with van der Waals surface area (Å²) in [4.78, 5) is 29.3. The van der Waals surface area contributed by atoms with Gasteiger partial charge in [-0.15, -0.1) is 11.3 Å². The number of thiazole rings is 1. The van der Waals surface area contributed by atoms with Crippen LogP contribution < -0.4 is 11.1 Å². The van der Waals surface area contributed by atoms with Crippen LogP contribution in [0.2, 0.25) is 0 Å². The molecule has 1 unspecified atom stereocenters. The lowest BCUT2D eigenvalue weighted by Crippen LogP contribution is -2.55. The van der Waals surface area contributed by atoms with Gasteiger partial charge >= 0.3 is 0 Å². The van der Waals surface area contributed by atoms with Gasteiger partial charge in [-0.2, -0.15) is 0 Å².